The molecular formula is C6H10N2. The lowest BCUT2D eigenvalue weighted by Gasteiger charge is -1.93. The highest BCUT2D eigenvalue weighted by atomic mass is 14.9. The smallest absolute Gasteiger partial charge is 0.0956 e. The highest BCUT2D eigenvalue weighted by Gasteiger charge is 2.18. The molecule has 0 spiro atoms. The van der Waals surface area contributed by atoms with E-state index in [1.165, 1.54) is 0 Å². The van der Waals surface area contributed by atoms with Gasteiger partial charge in [-0.2, -0.15) is 5.26 Å². The third kappa shape index (κ3) is 0.988. The van der Waals surface area contributed by atoms with Crippen LogP contribution in [0.25, 0.3) is 0 Å². The van der Waals surface area contributed by atoms with E-state index < -0.39 is 0 Å². The van der Waals surface area contributed by atoms with E-state index in [0.717, 1.165) is 13.0 Å². The highest BCUT2D eigenvalue weighted by molar-refractivity contribution is 4.95. The van der Waals surface area contributed by atoms with Crippen LogP contribution in [0.15, 0.2) is 0 Å². The predicted octanol–water partition coefficient (Wildman–Crippen LogP) is 0.508. The highest BCUT2D eigenvalue weighted by Crippen LogP contribution is 2.10. The van der Waals surface area contributed by atoms with Crippen LogP contribution in [0.3, 0.4) is 0 Å². The van der Waals surface area contributed by atoms with Gasteiger partial charge >= 0.3 is 0 Å². The van der Waals surface area contributed by atoms with Crippen LogP contribution in [-0.2, 0) is 0 Å². The van der Waals surface area contributed by atoms with Crippen LogP contribution in [0, 0.1) is 17.2 Å². The predicted molar refractivity (Wildman–Crippen MR) is 31.2 cm³/mol. The minimum Gasteiger partial charge on any atom is -0.302 e. The molecule has 2 atom stereocenters. The first-order valence-corrected chi connectivity index (χ1v) is 2.96. The van der Waals surface area contributed by atoms with Crippen molar-refractivity contribution < 1.29 is 0 Å². The third-order valence-electron chi connectivity index (χ3n) is 1.51. The molecule has 0 aromatic carbocycles. The van der Waals surface area contributed by atoms with Crippen molar-refractivity contribution in [2.45, 2.75) is 19.4 Å². The lowest BCUT2D eigenvalue weighted by molar-refractivity contribution is 0.643. The van der Waals surface area contributed by atoms with Crippen molar-refractivity contribution in [3.63, 3.8) is 0 Å². The monoisotopic (exact) mass is 110 g/mol. The number of hydrogen-bond acceptors (Lipinski definition) is 2. The minimum atomic E-state index is 0.130. The lowest BCUT2D eigenvalue weighted by Crippen LogP contribution is -2.18. The second kappa shape index (κ2) is 2.15. The van der Waals surface area contributed by atoms with E-state index in [4.69, 9.17) is 5.26 Å². The summed E-state index contributed by atoms with van der Waals surface area (Å²) in [6.07, 6.45) is 1.02. The fourth-order valence-electron chi connectivity index (χ4n) is 1.01. The average Bonchev–Trinajstić information content (AvgIpc) is 2.14. The van der Waals surface area contributed by atoms with E-state index in [1.807, 2.05) is 0 Å². The zero-order valence-electron chi connectivity index (χ0n) is 5.02. The molecule has 8 heavy (non-hydrogen) atoms. The molecule has 1 unspecified atom stereocenters. The molecule has 1 heterocycles. The van der Waals surface area contributed by atoms with Gasteiger partial charge in [-0.15, -0.1) is 0 Å². The summed E-state index contributed by atoms with van der Waals surface area (Å²) in [7, 11) is 0. The quantitative estimate of drug-likeness (QED) is 0.493. The normalized spacial score (nSPS) is 37.0. The third-order valence-corrected chi connectivity index (χ3v) is 1.51. The molecule has 0 amide bonds. The summed E-state index contributed by atoms with van der Waals surface area (Å²) < 4.78 is 0. The van der Waals surface area contributed by atoms with Gasteiger partial charge in [0.15, 0.2) is 0 Å². The Labute approximate surface area is 49.5 Å². The zero-order chi connectivity index (χ0) is 5.98. The fourth-order valence-corrected chi connectivity index (χ4v) is 1.01. The van der Waals surface area contributed by atoms with Gasteiger partial charge in [-0.05, 0) is 18.9 Å². The molecule has 0 radical (unpaired) electrons. The van der Waals surface area contributed by atoms with Crippen LogP contribution in [0.4, 0.5) is 0 Å². The summed E-state index contributed by atoms with van der Waals surface area (Å²) in [6, 6.07) is 2.31. The Kier molecular flexibility index (Phi) is 1.50. The van der Waals surface area contributed by atoms with Crippen molar-refractivity contribution in [3.8, 4) is 6.07 Å². The van der Waals surface area contributed by atoms with E-state index in [-0.39, 0.29) is 6.04 Å². The number of nitriles is 1. The van der Waals surface area contributed by atoms with Crippen LogP contribution < -0.4 is 5.32 Å². The van der Waals surface area contributed by atoms with Crippen molar-refractivity contribution in [1.82, 2.24) is 5.32 Å². The Balaban J connectivity index is 2.35. The molecule has 1 aliphatic rings. The van der Waals surface area contributed by atoms with Crippen molar-refractivity contribution in [3.05, 3.63) is 0 Å². The summed E-state index contributed by atoms with van der Waals surface area (Å²) in [5.74, 6) is 0.694. The Morgan fingerprint density at radius 1 is 1.75 bits per heavy atom. The molecule has 0 aromatic heterocycles. The largest absolute Gasteiger partial charge is 0.302 e. The van der Waals surface area contributed by atoms with Crippen LogP contribution in [0.1, 0.15) is 13.3 Å². The minimum absolute atomic E-state index is 0.130. The van der Waals surface area contributed by atoms with Gasteiger partial charge in [0.25, 0.3) is 0 Å². The SMILES string of the molecule is CC1CN[C@H](C#N)C1. The molecule has 1 N–H and O–H groups in total. The molecular weight excluding hydrogens is 100 g/mol. The van der Waals surface area contributed by atoms with Gasteiger partial charge in [-0.25, -0.2) is 0 Å². The zero-order valence-corrected chi connectivity index (χ0v) is 5.02. The van der Waals surface area contributed by atoms with E-state index >= 15 is 0 Å². The number of nitrogens with zero attached hydrogens (tertiary/aromatic N) is 1. The molecule has 1 aliphatic heterocycles. The average molecular weight is 110 g/mol. The maximum atomic E-state index is 8.37. The molecule has 0 saturated carbocycles. The first-order valence-electron chi connectivity index (χ1n) is 2.96. The maximum Gasteiger partial charge on any atom is 0.0956 e. The van der Waals surface area contributed by atoms with Crippen molar-refractivity contribution in [2.24, 2.45) is 5.92 Å². The molecule has 2 nitrogen and oxygen atoms in total. The fraction of sp³-hybridized carbons (Fsp3) is 0.833. The molecule has 0 aliphatic carbocycles. The van der Waals surface area contributed by atoms with Gasteiger partial charge in [0.2, 0.25) is 0 Å². The van der Waals surface area contributed by atoms with Gasteiger partial charge in [-0.1, -0.05) is 6.92 Å². The number of nitrogens with one attached hydrogen (secondary N) is 1. The van der Waals surface area contributed by atoms with Gasteiger partial charge in [0.05, 0.1) is 12.1 Å². The first kappa shape index (κ1) is 5.58. The Morgan fingerprint density at radius 3 is 2.75 bits per heavy atom. The molecule has 1 saturated heterocycles. The number of hydrogen-bond donors (Lipinski definition) is 1. The second-order valence-electron chi connectivity index (χ2n) is 2.43. The summed E-state index contributed by atoms with van der Waals surface area (Å²) in [6.45, 7) is 3.17. The molecule has 1 rings (SSSR count). The van der Waals surface area contributed by atoms with Gasteiger partial charge in [0, 0.05) is 0 Å². The van der Waals surface area contributed by atoms with Crippen LogP contribution in [-0.4, -0.2) is 12.6 Å². The van der Waals surface area contributed by atoms with E-state index in [2.05, 4.69) is 18.3 Å². The summed E-state index contributed by atoms with van der Waals surface area (Å²) in [4.78, 5) is 0. The van der Waals surface area contributed by atoms with Gasteiger partial charge in [-0.3, -0.25) is 0 Å². The number of rotatable bonds is 0. The topological polar surface area (TPSA) is 35.8 Å². The van der Waals surface area contributed by atoms with Crippen molar-refractivity contribution >= 4 is 0 Å². The lowest BCUT2D eigenvalue weighted by atomic mass is 10.1. The molecule has 0 aromatic rings. The Bertz CT molecular complexity index is 114. The first-order chi connectivity index (χ1) is 3.83. The van der Waals surface area contributed by atoms with Gasteiger partial charge in [0.1, 0.15) is 0 Å². The molecule has 44 valence electrons. The van der Waals surface area contributed by atoms with Crippen LogP contribution in [0.5, 0.6) is 0 Å². The van der Waals surface area contributed by atoms with Crippen LogP contribution >= 0.6 is 0 Å². The van der Waals surface area contributed by atoms with Crippen molar-refractivity contribution in [2.75, 3.05) is 6.54 Å². The van der Waals surface area contributed by atoms with Gasteiger partial charge < -0.3 is 5.32 Å². The maximum absolute atomic E-state index is 8.37. The molecule has 1 fully saturated rings. The van der Waals surface area contributed by atoms with Crippen LogP contribution in [0.2, 0.25) is 0 Å². The molecule has 0 bridgehead atoms. The standard InChI is InChI=1S/C6H10N2/c1-5-2-6(3-7)8-4-5/h5-6,8H,2,4H2,1H3/t5?,6-/m0/s1. The van der Waals surface area contributed by atoms with Crippen molar-refractivity contribution in [1.29, 1.82) is 5.26 Å². The Morgan fingerprint density at radius 2 is 2.50 bits per heavy atom. The van der Waals surface area contributed by atoms with E-state index in [0.29, 0.717) is 5.92 Å². The van der Waals surface area contributed by atoms with E-state index in [1.54, 1.807) is 0 Å². The second-order valence-corrected chi connectivity index (χ2v) is 2.43. The summed E-state index contributed by atoms with van der Waals surface area (Å²) in [5, 5.41) is 11.5. The summed E-state index contributed by atoms with van der Waals surface area (Å²) >= 11 is 0. The Hall–Kier alpha value is -0.550. The summed E-state index contributed by atoms with van der Waals surface area (Å²) in [5.41, 5.74) is 0. The van der Waals surface area contributed by atoms with E-state index in [9.17, 15) is 0 Å². The molecule has 2 heteroatoms.